The number of hydrogen-bond acceptors (Lipinski definition) is 6. The van der Waals surface area contributed by atoms with Crippen LogP contribution in [0.15, 0.2) is 18.2 Å². The average Bonchev–Trinajstić information content (AvgIpc) is 3.26. The van der Waals surface area contributed by atoms with Gasteiger partial charge in [0, 0.05) is 42.6 Å². The van der Waals surface area contributed by atoms with Gasteiger partial charge in [0.25, 0.3) is 5.91 Å². The lowest BCUT2D eigenvalue weighted by Gasteiger charge is -2.27. The maximum Gasteiger partial charge on any atom is 0.407 e. The topological polar surface area (TPSA) is 142 Å². The van der Waals surface area contributed by atoms with Crippen molar-refractivity contribution in [3.63, 3.8) is 0 Å². The summed E-state index contributed by atoms with van der Waals surface area (Å²) in [5.74, 6) is -1.02. The first-order valence-corrected chi connectivity index (χ1v) is 14.8. The van der Waals surface area contributed by atoms with Gasteiger partial charge in [-0.1, -0.05) is 19.3 Å². The Hall–Kier alpha value is -3.34. The molecule has 5 N–H and O–H groups in total. The van der Waals surface area contributed by atoms with E-state index in [1.807, 2.05) is 0 Å². The Morgan fingerprint density at radius 2 is 1.62 bits per heavy atom. The molecule has 1 saturated carbocycles. The number of H-pyrrole nitrogens is 1. The second kappa shape index (κ2) is 14.2. The number of aliphatic hydroxyl groups is 1. The Morgan fingerprint density at radius 1 is 0.976 bits per heavy atom. The van der Waals surface area contributed by atoms with Gasteiger partial charge in [-0.3, -0.25) is 4.79 Å². The van der Waals surface area contributed by atoms with Crippen LogP contribution < -0.4 is 16.0 Å². The summed E-state index contributed by atoms with van der Waals surface area (Å²) in [5.41, 5.74) is 0.506. The van der Waals surface area contributed by atoms with E-state index in [-0.39, 0.29) is 43.8 Å². The molecule has 0 spiro atoms. The Labute approximate surface area is 247 Å². The molecule has 42 heavy (non-hydrogen) atoms. The fourth-order valence-electron chi connectivity index (χ4n) is 5.32. The number of fused-ring (bicyclic) bond motifs is 1. The zero-order valence-electron chi connectivity index (χ0n) is 25.7. The Bertz CT molecular complexity index is 1230. The maximum atomic E-state index is 14.2. The lowest BCUT2D eigenvalue weighted by molar-refractivity contribution is 0.0466. The summed E-state index contributed by atoms with van der Waals surface area (Å²) in [6.45, 7) is 10.4. The smallest absolute Gasteiger partial charge is 0.407 e. The average molecular weight is 591 g/mol. The number of aromatic amines is 1. The Balaban J connectivity index is 1.77. The number of hydrogen-bond donors (Lipinski definition) is 5. The fourth-order valence-corrected chi connectivity index (χ4v) is 5.32. The number of halogens is 1. The Morgan fingerprint density at radius 3 is 2.24 bits per heavy atom. The minimum absolute atomic E-state index is 0.0366. The van der Waals surface area contributed by atoms with Gasteiger partial charge < -0.3 is 35.5 Å². The quantitative estimate of drug-likeness (QED) is 0.247. The number of carbonyl (C=O) groups is 3. The van der Waals surface area contributed by atoms with Crippen LogP contribution in [0.1, 0.15) is 102 Å². The number of alkyl carbamates (subject to hydrolysis) is 2. The van der Waals surface area contributed by atoms with E-state index in [4.69, 9.17) is 9.47 Å². The summed E-state index contributed by atoms with van der Waals surface area (Å²) in [5, 5.41) is 19.1. The van der Waals surface area contributed by atoms with E-state index in [9.17, 15) is 23.9 Å². The first-order chi connectivity index (χ1) is 19.6. The molecule has 3 rings (SSSR count). The van der Waals surface area contributed by atoms with Gasteiger partial charge in [-0.15, -0.1) is 0 Å². The van der Waals surface area contributed by atoms with Crippen LogP contribution in [0.4, 0.5) is 14.0 Å². The summed E-state index contributed by atoms with van der Waals surface area (Å²) in [7, 11) is 0. The predicted molar refractivity (Wildman–Crippen MR) is 159 cm³/mol. The highest BCUT2D eigenvalue weighted by Crippen LogP contribution is 2.39. The van der Waals surface area contributed by atoms with Gasteiger partial charge in [-0.2, -0.15) is 0 Å². The number of benzene rings is 1. The third kappa shape index (κ3) is 10.2. The summed E-state index contributed by atoms with van der Waals surface area (Å²) in [4.78, 5) is 41.6. The van der Waals surface area contributed by atoms with Crippen LogP contribution >= 0.6 is 0 Å². The van der Waals surface area contributed by atoms with Crippen LogP contribution in [0.2, 0.25) is 0 Å². The first kappa shape index (κ1) is 33.2. The third-order valence-electron chi connectivity index (χ3n) is 7.08. The van der Waals surface area contributed by atoms with E-state index in [2.05, 4.69) is 20.9 Å². The molecule has 0 saturated heterocycles. The lowest BCUT2D eigenvalue weighted by Crippen LogP contribution is -2.47. The molecule has 1 heterocycles. The molecule has 1 aromatic heterocycles. The molecular formula is C31H47FN4O6. The van der Waals surface area contributed by atoms with Crippen molar-refractivity contribution in [1.82, 2.24) is 20.9 Å². The van der Waals surface area contributed by atoms with Crippen LogP contribution in [-0.2, 0) is 9.47 Å². The summed E-state index contributed by atoms with van der Waals surface area (Å²) < 4.78 is 24.9. The number of aliphatic hydroxyl groups excluding tert-OH is 1. The van der Waals surface area contributed by atoms with Crippen molar-refractivity contribution in [2.24, 2.45) is 5.92 Å². The molecule has 11 heteroatoms. The fraction of sp³-hybridized carbons (Fsp3) is 0.645. The number of carbonyl (C=O) groups excluding carboxylic acids is 3. The van der Waals surface area contributed by atoms with E-state index in [1.165, 1.54) is 12.1 Å². The molecule has 1 aliphatic rings. The van der Waals surface area contributed by atoms with Crippen molar-refractivity contribution in [1.29, 1.82) is 0 Å². The van der Waals surface area contributed by atoms with Crippen molar-refractivity contribution < 1.29 is 33.4 Å². The molecule has 1 aromatic carbocycles. The normalized spacial score (nSPS) is 16.0. The molecule has 234 valence electrons. The van der Waals surface area contributed by atoms with Crippen molar-refractivity contribution in [2.75, 3.05) is 19.7 Å². The number of ether oxygens (including phenoxy) is 2. The largest absolute Gasteiger partial charge is 0.444 e. The molecule has 10 nitrogen and oxygen atoms in total. The molecule has 1 aliphatic carbocycles. The molecule has 1 unspecified atom stereocenters. The van der Waals surface area contributed by atoms with E-state index in [0.717, 1.165) is 37.7 Å². The van der Waals surface area contributed by atoms with Crippen LogP contribution in [0.5, 0.6) is 0 Å². The van der Waals surface area contributed by atoms with Crippen LogP contribution in [0.25, 0.3) is 10.9 Å². The van der Waals surface area contributed by atoms with Crippen LogP contribution in [0.3, 0.4) is 0 Å². The molecule has 3 amide bonds. The summed E-state index contributed by atoms with van der Waals surface area (Å²) >= 11 is 0. The van der Waals surface area contributed by atoms with Crippen LogP contribution in [-0.4, -0.2) is 65.1 Å². The Kier molecular flexibility index (Phi) is 11.2. The van der Waals surface area contributed by atoms with E-state index < -0.39 is 35.3 Å². The van der Waals surface area contributed by atoms with Crippen molar-refractivity contribution >= 4 is 29.0 Å². The molecular weight excluding hydrogens is 543 g/mol. The molecule has 2 aromatic rings. The highest BCUT2D eigenvalue weighted by Gasteiger charge is 2.28. The molecule has 1 fully saturated rings. The molecule has 0 bridgehead atoms. The standard InChI is InChI=1S/C31H47FN4O6/c1-30(2,3)41-28(39)34-16-19(18-37)14-22(35-29(40)42-31(4,5)6)17-33-27(38)26-25(20-10-8-7-9-11-20)23-15-21(32)12-13-24(23)36-26/h12-13,15,19-20,22,36-37H,7-11,14,16-18H2,1-6H3,(H,33,38)(H,34,39)(H,35,40)/t19?,22-/m1/s1. The maximum absolute atomic E-state index is 14.2. The highest BCUT2D eigenvalue weighted by molar-refractivity contribution is 6.01. The van der Waals surface area contributed by atoms with Crippen molar-refractivity contribution in [2.45, 2.75) is 103 Å². The second-order valence-corrected chi connectivity index (χ2v) is 13.2. The highest BCUT2D eigenvalue weighted by atomic mass is 19.1. The number of aromatic nitrogens is 1. The van der Waals surface area contributed by atoms with E-state index >= 15 is 0 Å². The first-order valence-electron chi connectivity index (χ1n) is 14.8. The minimum atomic E-state index is -0.735. The SMILES string of the molecule is CC(C)(C)OC(=O)NCC(CO)C[C@H](CNC(=O)c1[nH]c2ccc(F)cc2c1C1CCCCC1)NC(=O)OC(C)(C)C. The van der Waals surface area contributed by atoms with Crippen molar-refractivity contribution in [3.05, 3.63) is 35.3 Å². The van der Waals surface area contributed by atoms with E-state index in [1.54, 1.807) is 47.6 Å². The zero-order valence-corrected chi connectivity index (χ0v) is 25.7. The minimum Gasteiger partial charge on any atom is -0.444 e. The van der Waals surface area contributed by atoms with Gasteiger partial charge in [-0.05, 0) is 90.5 Å². The van der Waals surface area contributed by atoms with Gasteiger partial charge in [-0.25, -0.2) is 14.0 Å². The van der Waals surface area contributed by atoms with Crippen LogP contribution in [0, 0.1) is 11.7 Å². The third-order valence-corrected chi connectivity index (χ3v) is 7.08. The van der Waals surface area contributed by atoms with Gasteiger partial charge in [0.1, 0.15) is 22.7 Å². The monoisotopic (exact) mass is 590 g/mol. The van der Waals surface area contributed by atoms with Gasteiger partial charge in [0.15, 0.2) is 0 Å². The number of nitrogens with one attached hydrogen (secondary N) is 4. The number of amides is 3. The second-order valence-electron chi connectivity index (χ2n) is 13.2. The molecule has 0 radical (unpaired) electrons. The summed E-state index contributed by atoms with van der Waals surface area (Å²) in [6, 6.07) is 3.86. The number of rotatable bonds is 10. The zero-order chi connectivity index (χ0) is 31.1. The van der Waals surface area contributed by atoms with E-state index in [0.29, 0.717) is 16.6 Å². The molecule has 2 atom stereocenters. The van der Waals surface area contributed by atoms with Gasteiger partial charge in [0.2, 0.25) is 0 Å². The van der Waals surface area contributed by atoms with Gasteiger partial charge in [0.05, 0.1) is 0 Å². The predicted octanol–water partition coefficient (Wildman–Crippen LogP) is 5.50. The molecule has 0 aliphatic heterocycles. The lowest BCUT2D eigenvalue weighted by atomic mass is 9.82. The van der Waals surface area contributed by atoms with Crippen molar-refractivity contribution in [3.8, 4) is 0 Å². The summed E-state index contributed by atoms with van der Waals surface area (Å²) in [6.07, 6.45) is 4.05. The van der Waals surface area contributed by atoms with Gasteiger partial charge >= 0.3 is 12.2 Å².